The lowest BCUT2D eigenvalue weighted by atomic mass is 10.2. The van der Waals surface area contributed by atoms with Crippen LogP contribution in [0.3, 0.4) is 0 Å². The maximum atomic E-state index is 13.0. The molecule has 0 atom stereocenters. The molecular weight excluding hydrogens is 450 g/mol. The Labute approximate surface area is 181 Å². The second kappa shape index (κ2) is 9.07. The third-order valence-corrected chi connectivity index (χ3v) is 5.63. The molecule has 1 aliphatic rings. The molecule has 0 unspecified atom stereocenters. The zero-order chi connectivity index (χ0) is 20.1. The van der Waals surface area contributed by atoms with Gasteiger partial charge in [0, 0.05) is 4.47 Å². The number of benzene rings is 2. The molecule has 0 aliphatic carbocycles. The molecular formula is C22H16BrN3O2S. The van der Waals surface area contributed by atoms with Crippen LogP contribution < -0.4 is 0 Å². The lowest BCUT2D eigenvalue weighted by Gasteiger charge is -2.12. The van der Waals surface area contributed by atoms with Crippen LogP contribution in [-0.4, -0.2) is 22.2 Å². The van der Waals surface area contributed by atoms with E-state index in [9.17, 15) is 4.79 Å². The number of amides is 1. The average Bonchev–Trinajstić information content (AvgIpc) is 3.35. The van der Waals surface area contributed by atoms with Crippen LogP contribution in [0.1, 0.15) is 16.9 Å². The van der Waals surface area contributed by atoms with E-state index < -0.39 is 0 Å². The van der Waals surface area contributed by atoms with Crippen molar-refractivity contribution in [3.8, 4) is 0 Å². The third-order valence-electron chi connectivity index (χ3n) is 4.10. The average molecular weight is 466 g/mol. The highest BCUT2D eigenvalue weighted by atomic mass is 79.9. The molecule has 1 fully saturated rings. The van der Waals surface area contributed by atoms with E-state index >= 15 is 0 Å². The Morgan fingerprint density at radius 2 is 1.79 bits per heavy atom. The standard InChI is InChI=1S/C22H16BrN3O2S/c23-18-10-8-16(9-11-18)13-20-21(27)26(15-19-7-4-12-28-19)22(29-20)25-24-14-17-5-2-1-3-6-17/h1-14H,15H2/b20-13-,24-14-,25-22+. The number of amidine groups is 1. The van der Waals surface area contributed by atoms with Crippen LogP contribution in [0.25, 0.3) is 6.08 Å². The van der Waals surface area contributed by atoms with E-state index in [1.54, 1.807) is 23.4 Å². The number of nitrogens with zero attached hydrogens (tertiary/aromatic N) is 3. The summed E-state index contributed by atoms with van der Waals surface area (Å²) in [6, 6.07) is 21.1. The summed E-state index contributed by atoms with van der Waals surface area (Å²) in [5.74, 6) is 0.562. The molecule has 2 heterocycles. The summed E-state index contributed by atoms with van der Waals surface area (Å²) in [5.41, 5.74) is 1.88. The van der Waals surface area contributed by atoms with Crippen molar-refractivity contribution in [2.75, 3.05) is 0 Å². The summed E-state index contributed by atoms with van der Waals surface area (Å²) < 4.78 is 6.40. The third kappa shape index (κ3) is 4.93. The van der Waals surface area contributed by atoms with Crippen LogP contribution in [0.5, 0.6) is 0 Å². The van der Waals surface area contributed by atoms with Crippen LogP contribution in [0.2, 0.25) is 0 Å². The van der Waals surface area contributed by atoms with Crippen molar-refractivity contribution in [1.82, 2.24) is 4.90 Å². The van der Waals surface area contributed by atoms with Gasteiger partial charge in [-0.25, -0.2) is 0 Å². The number of thioether (sulfide) groups is 1. The Morgan fingerprint density at radius 1 is 1.00 bits per heavy atom. The van der Waals surface area contributed by atoms with Crippen molar-refractivity contribution in [3.63, 3.8) is 0 Å². The SMILES string of the molecule is O=C1/C(=C/c2ccc(Br)cc2)S/C(=N/N=C\c2ccccc2)N1Cc1ccco1. The first kappa shape index (κ1) is 19.4. The van der Waals surface area contributed by atoms with Crippen molar-refractivity contribution in [2.24, 2.45) is 10.2 Å². The normalized spacial score (nSPS) is 17.1. The maximum absolute atomic E-state index is 13.0. The molecule has 2 aromatic carbocycles. The van der Waals surface area contributed by atoms with Gasteiger partial charge < -0.3 is 4.42 Å². The highest BCUT2D eigenvalue weighted by Gasteiger charge is 2.34. The maximum Gasteiger partial charge on any atom is 0.267 e. The van der Waals surface area contributed by atoms with Gasteiger partial charge in [0.1, 0.15) is 5.76 Å². The summed E-state index contributed by atoms with van der Waals surface area (Å²) in [5, 5.41) is 8.99. The van der Waals surface area contributed by atoms with Crippen LogP contribution in [0.15, 0.2) is 97.0 Å². The predicted octanol–water partition coefficient (Wildman–Crippen LogP) is 5.55. The van der Waals surface area contributed by atoms with E-state index in [-0.39, 0.29) is 5.91 Å². The molecule has 0 radical (unpaired) electrons. The largest absolute Gasteiger partial charge is 0.467 e. The minimum absolute atomic E-state index is 0.122. The molecule has 29 heavy (non-hydrogen) atoms. The Balaban J connectivity index is 1.61. The quantitative estimate of drug-likeness (QED) is 0.282. The fourth-order valence-electron chi connectivity index (χ4n) is 2.67. The van der Waals surface area contributed by atoms with Crippen molar-refractivity contribution in [3.05, 3.63) is 99.3 Å². The fourth-order valence-corrected chi connectivity index (χ4v) is 3.87. The smallest absolute Gasteiger partial charge is 0.267 e. The van der Waals surface area contributed by atoms with Gasteiger partial charge in [0.25, 0.3) is 5.91 Å². The van der Waals surface area contributed by atoms with Crippen molar-refractivity contribution >= 4 is 51.1 Å². The van der Waals surface area contributed by atoms with Gasteiger partial charge in [-0.3, -0.25) is 9.69 Å². The molecule has 0 saturated carbocycles. The topological polar surface area (TPSA) is 58.2 Å². The number of carbonyl (C=O) groups is 1. The van der Waals surface area contributed by atoms with Gasteiger partial charge in [-0.1, -0.05) is 58.4 Å². The molecule has 0 bridgehead atoms. The number of furan rings is 1. The fraction of sp³-hybridized carbons (Fsp3) is 0.0455. The Hall–Kier alpha value is -2.90. The molecule has 5 nitrogen and oxygen atoms in total. The highest BCUT2D eigenvalue weighted by Crippen LogP contribution is 2.34. The number of rotatable bonds is 5. The minimum Gasteiger partial charge on any atom is -0.467 e. The molecule has 1 amide bonds. The van der Waals surface area contributed by atoms with Gasteiger partial charge in [-0.05, 0) is 53.2 Å². The first-order valence-corrected chi connectivity index (χ1v) is 10.5. The molecule has 0 N–H and O–H groups in total. The summed E-state index contributed by atoms with van der Waals surface area (Å²) in [6.07, 6.45) is 5.11. The Bertz CT molecular complexity index is 1080. The molecule has 0 spiro atoms. The summed E-state index contributed by atoms with van der Waals surface area (Å²) in [6.45, 7) is 0.302. The highest BCUT2D eigenvalue weighted by molar-refractivity contribution is 9.10. The summed E-state index contributed by atoms with van der Waals surface area (Å²) in [7, 11) is 0. The van der Waals surface area contributed by atoms with Gasteiger partial charge in [0.05, 0.1) is 23.9 Å². The van der Waals surface area contributed by atoms with Gasteiger partial charge in [0.15, 0.2) is 5.17 Å². The van der Waals surface area contributed by atoms with Gasteiger partial charge in [-0.15, -0.1) is 5.10 Å². The molecule has 144 valence electrons. The Kier molecular flexibility index (Phi) is 6.07. The molecule has 1 saturated heterocycles. The minimum atomic E-state index is -0.122. The lowest BCUT2D eigenvalue weighted by molar-refractivity contribution is -0.122. The number of carbonyl (C=O) groups excluding carboxylic acids is 1. The van der Waals surface area contributed by atoms with Gasteiger partial charge >= 0.3 is 0 Å². The van der Waals surface area contributed by atoms with Crippen LogP contribution in [0.4, 0.5) is 0 Å². The van der Waals surface area contributed by atoms with Crippen molar-refractivity contribution in [2.45, 2.75) is 6.54 Å². The van der Waals surface area contributed by atoms with Crippen molar-refractivity contribution < 1.29 is 9.21 Å². The first-order valence-electron chi connectivity index (χ1n) is 8.84. The zero-order valence-corrected chi connectivity index (χ0v) is 17.6. The molecule has 1 aromatic heterocycles. The van der Waals surface area contributed by atoms with E-state index in [0.717, 1.165) is 15.6 Å². The van der Waals surface area contributed by atoms with Crippen LogP contribution in [-0.2, 0) is 11.3 Å². The predicted molar refractivity (Wildman–Crippen MR) is 120 cm³/mol. The molecule has 4 rings (SSSR count). The van der Waals surface area contributed by atoms with E-state index in [0.29, 0.717) is 22.4 Å². The van der Waals surface area contributed by atoms with Crippen molar-refractivity contribution in [1.29, 1.82) is 0 Å². The van der Waals surface area contributed by atoms with E-state index in [4.69, 9.17) is 4.42 Å². The van der Waals surface area contributed by atoms with E-state index in [1.165, 1.54) is 11.8 Å². The number of hydrogen-bond acceptors (Lipinski definition) is 5. The van der Waals surface area contributed by atoms with Gasteiger partial charge in [-0.2, -0.15) is 5.10 Å². The lowest BCUT2D eigenvalue weighted by Crippen LogP contribution is -2.28. The van der Waals surface area contributed by atoms with Crippen LogP contribution >= 0.6 is 27.7 Å². The zero-order valence-electron chi connectivity index (χ0n) is 15.2. The second-order valence-electron chi connectivity index (χ2n) is 6.17. The molecule has 1 aliphatic heterocycles. The molecule has 7 heteroatoms. The Morgan fingerprint density at radius 3 is 2.52 bits per heavy atom. The summed E-state index contributed by atoms with van der Waals surface area (Å²) in [4.78, 5) is 15.2. The van der Waals surface area contributed by atoms with E-state index in [1.807, 2.05) is 66.7 Å². The van der Waals surface area contributed by atoms with Crippen LogP contribution in [0, 0.1) is 0 Å². The van der Waals surface area contributed by atoms with Gasteiger partial charge in [0.2, 0.25) is 0 Å². The second-order valence-corrected chi connectivity index (χ2v) is 8.10. The number of hydrogen-bond donors (Lipinski definition) is 0. The molecule has 3 aromatic rings. The summed E-state index contributed by atoms with van der Waals surface area (Å²) >= 11 is 4.73. The first-order chi connectivity index (χ1) is 14.2. The van der Waals surface area contributed by atoms with E-state index in [2.05, 4.69) is 26.1 Å². The number of halogens is 1. The monoisotopic (exact) mass is 465 g/mol.